The second-order valence-corrected chi connectivity index (χ2v) is 18.6. The van der Waals surface area contributed by atoms with Crippen LogP contribution >= 0.6 is 37.2 Å². The molecule has 1 heterocycles. The molecule has 0 saturated heterocycles. The Hall–Kier alpha value is 1.08. The van der Waals surface area contributed by atoms with E-state index in [0.717, 1.165) is 6.54 Å². The molecule has 1 rings (SSSR count). The maximum absolute atomic E-state index is 5.01. The molecular weight excluding hydrogens is 314 g/mol. The van der Waals surface area contributed by atoms with Gasteiger partial charge in [-0.2, -0.15) is 0 Å². The molecule has 15 heavy (non-hydrogen) atoms. The average Bonchev–Trinajstić information content (AvgIpc) is 2.45. The van der Waals surface area contributed by atoms with Crippen molar-refractivity contribution < 1.29 is 16.9 Å². The molecule has 1 aromatic rings. The Balaban J connectivity index is 0.000000336. The Morgan fingerprint density at radius 3 is 2.13 bits per heavy atom. The van der Waals surface area contributed by atoms with E-state index in [4.69, 9.17) is 37.2 Å². The molecule has 0 aliphatic heterocycles. The van der Waals surface area contributed by atoms with E-state index in [2.05, 4.69) is 34.8 Å². The van der Waals surface area contributed by atoms with Crippen LogP contribution in [0.15, 0.2) is 18.7 Å². The van der Waals surface area contributed by atoms with Gasteiger partial charge in [-0.25, -0.2) is 9.13 Å². The Bertz CT molecular complexity index is 266. The van der Waals surface area contributed by atoms with Crippen molar-refractivity contribution in [2.45, 2.75) is 26.3 Å². The Kier molecular flexibility index (Phi) is 8.81. The molecule has 0 atom stereocenters. The molecule has 1 aromatic heterocycles. The number of unbranched alkanes of at least 4 members (excludes halogenated alkanes) is 1. The fraction of sp³-hybridized carbons (Fsp3) is 0.625. The van der Waals surface area contributed by atoms with Crippen molar-refractivity contribution in [2.24, 2.45) is 7.05 Å². The first-order valence-electron chi connectivity index (χ1n) is 4.59. The molecule has 0 N–H and O–H groups in total. The Labute approximate surface area is 110 Å². The third-order valence-electron chi connectivity index (χ3n) is 1.59. The zero-order valence-corrected chi connectivity index (χ0v) is 13.3. The van der Waals surface area contributed by atoms with Crippen molar-refractivity contribution >= 4 is 37.2 Å². The summed E-state index contributed by atoms with van der Waals surface area (Å²) in [6.07, 6.45) is 8.82. The third-order valence-corrected chi connectivity index (χ3v) is 1.59. The summed E-state index contributed by atoms with van der Waals surface area (Å²) in [4.78, 5) is 0. The summed E-state index contributed by atoms with van der Waals surface area (Å²) in [6, 6.07) is 0. The molecule has 0 bridgehead atoms. The number of imidazole rings is 1. The van der Waals surface area contributed by atoms with Gasteiger partial charge in [0.15, 0.2) is 0 Å². The molecule has 0 aliphatic carbocycles. The first-order chi connectivity index (χ1) is 6.83. The van der Waals surface area contributed by atoms with Gasteiger partial charge in [-0.15, -0.1) is 0 Å². The van der Waals surface area contributed by atoms with Gasteiger partial charge in [0.05, 0.1) is 13.6 Å². The SMILES string of the molecule is CCCCn1cc[n+](C)c1.[Cl][Ti]([Cl])([Cl])[Cl]. The van der Waals surface area contributed by atoms with Crippen molar-refractivity contribution in [1.29, 1.82) is 0 Å². The van der Waals surface area contributed by atoms with Gasteiger partial charge >= 0.3 is 49.6 Å². The molecule has 0 unspecified atom stereocenters. The normalized spacial score (nSPS) is 10.8. The topological polar surface area (TPSA) is 8.81 Å². The van der Waals surface area contributed by atoms with Crippen LogP contribution in [0.25, 0.3) is 0 Å². The maximum atomic E-state index is 5.01. The van der Waals surface area contributed by atoms with E-state index < -0.39 is 12.3 Å². The number of hydrogen-bond acceptors (Lipinski definition) is 0. The number of aromatic nitrogens is 2. The van der Waals surface area contributed by atoms with Crippen LogP contribution in [0.5, 0.6) is 0 Å². The van der Waals surface area contributed by atoms with Gasteiger partial charge in [0.25, 0.3) is 0 Å². The predicted molar refractivity (Wildman–Crippen MR) is 63.9 cm³/mol. The van der Waals surface area contributed by atoms with Gasteiger partial charge in [-0.1, -0.05) is 13.3 Å². The molecule has 0 aromatic carbocycles. The fourth-order valence-corrected chi connectivity index (χ4v) is 0.975. The molecular formula is C8H15Cl4N2Ti+. The van der Waals surface area contributed by atoms with E-state index >= 15 is 0 Å². The summed E-state index contributed by atoms with van der Waals surface area (Å²) < 4.78 is 4.28. The average molecular weight is 329 g/mol. The summed E-state index contributed by atoms with van der Waals surface area (Å²) in [5.41, 5.74) is 0. The number of hydrogen-bond donors (Lipinski definition) is 0. The number of nitrogens with zero attached hydrogens (tertiary/aromatic N) is 2. The second kappa shape index (κ2) is 8.22. The van der Waals surface area contributed by atoms with E-state index in [-0.39, 0.29) is 0 Å². The zero-order chi connectivity index (χ0) is 11.9. The van der Waals surface area contributed by atoms with E-state index in [0.29, 0.717) is 0 Å². The molecule has 7 heteroatoms. The molecule has 0 radical (unpaired) electrons. The van der Waals surface area contributed by atoms with Crippen molar-refractivity contribution in [1.82, 2.24) is 4.57 Å². The first kappa shape index (κ1) is 16.1. The minimum atomic E-state index is -3.11. The summed E-state index contributed by atoms with van der Waals surface area (Å²) >= 11 is -3.11. The van der Waals surface area contributed by atoms with Crippen LogP contribution in [0.3, 0.4) is 0 Å². The van der Waals surface area contributed by atoms with E-state index in [9.17, 15) is 0 Å². The van der Waals surface area contributed by atoms with Gasteiger partial charge in [0, 0.05) is 0 Å². The standard InChI is InChI=1S/C8H15N2.4ClH.Ti/c1-3-4-5-10-7-6-9(2)8-10;;;;;/h6-8H,3-5H2,1-2H3;4*1H;/q+1;;;;;+4/p-4. The first-order valence-corrected chi connectivity index (χ1v) is 13.2. The predicted octanol–water partition coefficient (Wildman–Crippen LogP) is 3.87. The van der Waals surface area contributed by atoms with Gasteiger partial charge in [0.1, 0.15) is 12.4 Å². The van der Waals surface area contributed by atoms with Crippen LogP contribution in [-0.2, 0) is 25.9 Å². The van der Waals surface area contributed by atoms with Gasteiger partial charge < -0.3 is 0 Å². The Morgan fingerprint density at radius 1 is 1.27 bits per heavy atom. The van der Waals surface area contributed by atoms with Gasteiger partial charge in [-0.05, 0) is 6.42 Å². The molecule has 88 valence electrons. The summed E-state index contributed by atoms with van der Waals surface area (Å²) in [5.74, 6) is 0. The van der Waals surface area contributed by atoms with Crippen LogP contribution in [0.4, 0.5) is 0 Å². The number of rotatable bonds is 3. The van der Waals surface area contributed by atoms with Crippen LogP contribution in [0, 0.1) is 0 Å². The van der Waals surface area contributed by atoms with Crippen molar-refractivity contribution in [3.8, 4) is 0 Å². The monoisotopic (exact) mass is 327 g/mol. The van der Waals surface area contributed by atoms with Crippen LogP contribution in [-0.4, -0.2) is 4.57 Å². The molecule has 0 saturated carbocycles. The number of aryl methyl sites for hydroxylation is 2. The van der Waals surface area contributed by atoms with Gasteiger partial charge in [-0.3, -0.25) is 0 Å². The van der Waals surface area contributed by atoms with E-state index in [1.165, 1.54) is 12.8 Å². The molecule has 2 nitrogen and oxygen atoms in total. The molecule has 0 spiro atoms. The van der Waals surface area contributed by atoms with Crippen molar-refractivity contribution in [3.05, 3.63) is 18.7 Å². The van der Waals surface area contributed by atoms with Crippen LogP contribution in [0.2, 0.25) is 0 Å². The number of halogens is 4. The quantitative estimate of drug-likeness (QED) is 0.588. The summed E-state index contributed by atoms with van der Waals surface area (Å²) in [5, 5.41) is 0. The third kappa shape index (κ3) is 13.0. The summed E-state index contributed by atoms with van der Waals surface area (Å²) in [6.45, 7) is 3.36. The molecule has 0 fully saturated rings. The fourth-order valence-electron chi connectivity index (χ4n) is 0.975. The molecule has 0 aliphatic rings. The van der Waals surface area contributed by atoms with Crippen molar-refractivity contribution in [2.75, 3.05) is 0 Å². The van der Waals surface area contributed by atoms with Crippen LogP contribution in [0.1, 0.15) is 19.8 Å². The van der Waals surface area contributed by atoms with E-state index in [1.807, 2.05) is 7.05 Å². The Morgan fingerprint density at radius 2 is 1.80 bits per heavy atom. The minimum absolute atomic E-state index is 1.15. The second-order valence-electron chi connectivity index (χ2n) is 3.10. The van der Waals surface area contributed by atoms with Crippen LogP contribution < -0.4 is 4.57 Å². The summed E-state index contributed by atoms with van der Waals surface area (Å²) in [7, 11) is 22.1. The van der Waals surface area contributed by atoms with Crippen molar-refractivity contribution in [3.63, 3.8) is 0 Å². The van der Waals surface area contributed by atoms with E-state index in [1.54, 1.807) is 0 Å². The van der Waals surface area contributed by atoms with Gasteiger partial charge in [0.2, 0.25) is 6.33 Å². The molecule has 0 amide bonds. The zero-order valence-electron chi connectivity index (χ0n) is 8.76.